The van der Waals surface area contributed by atoms with Gasteiger partial charge in [-0.3, -0.25) is 0 Å². The molecule has 1 aliphatic rings. The average Bonchev–Trinajstić information content (AvgIpc) is 3.01. The van der Waals surface area contributed by atoms with Gasteiger partial charge in [-0.05, 0) is 45.7 Å². The summed E-state index contributed by atoms with van der Waals surface area (Å²) in [4.78, 5) is 19.8. The number of ether oxygens (including phenoxy) is 1. The van der Waals surface area contributed by atoms with Crippen LogP contribution in [0.4, 0.5) is 4.79 Å². The molecule has 1 amide bonds. The quantitative estimate of drug-likeness (QED) is 0.568. The van der Waals surface area contributed by atoms with Crippen LogP contribution >= 0.6 is 23.4 Å². The maximum absolute atomic E-state index is 12.4. The molecule has 154 valence electrons. The number of halogens is 1. The van der Waals surface area contributed by atoms with Gasteiger partial charge in [0.2, 0.25) is 5.89 Å². The number of benzene rings is 1. The lowest BCUT2D eigenvalue weighted by Gasteiger charge is -2.33. The number of carbonyl (C=O) groups is 1. The molecule has 0 unspecified atom stereocenters. The maximum atomic E-state index is 12.4. The largest absolute Gasteiger partial charge is 0.444 e. The summed E-state index contributed by atoms with van der Waals surface area (Å²) in [5.41, 5.74) is 0.884. The van der Waals surface area contributed by atoms with Crippen LogP contribution < -0.4 is 0 Å². The summed E-state index contributed by atoms with van der Waals surface area (Å²) in [5.74, 6) is 0.700. The second-order valence-corrected chi connectivity index (χ2v) is 11.0. The highest BCUT2D eigenvalue weighted by Crippen LogP contribution is 2.40. The maximum Gasteiger partial charge on any atom is 0.410 e. The molecule has 0 radical (unpaired) electrons. The van der Waals surface area contributed by atoms with Crippen LogP contribution in [-0.4, -0.2) is 39.9 Å². The van der Waals surface area contributed by atoms with Crippen molar-refractivity contribution in [3.8, 4) is 0 Å². The van der Waals surface area contributed by atoms with Crippen LogP contribution in [-0.2, 0) is 10.2 Å². The van der Waals surface area contributed by atoms with Crippen molar-refractivity contribution in [1.82, 2.24) is 9.88 Å². The molecule has 1 fully saturated rings. The van der Waals surface area contributed by atoms with Gasteiger partial charge in [0.25, 0.3) is 0 Å². The van der Waals surface area contributed by atoms with Crippen molar-refractivity contribution >= 4 is 40.6 Å². The van der Waals surface area contributed by atoms with Gasteiger partial charge in [0.1, 0.15) is 11.1 Å². The topological polar surface area (TPSA) is 55.6 Å². The van der Waals surface area contributed by atoms with Gasteiger partial charge < -0.3 is 14.1 Å². The number of piperidine rings is 1. The zero-order valence-electron chi connectivity index (χ0n) is 17.5. The van der Waals surface area contributed by atoms with Crippen molar-refractivity contribution in [2.75, 3.05) is 13.1 Å². The standard InChI is InChI=1S/C21H29ClN2O3S/c1-20(2,3)18-23-15-10-9-14(22)17(16(15)26-18)28-13-8-7-11-24(12-13)19(25)27-21(4,5)6/h9-10,13H,7-8,11-12H2,1-6H3/t13-/m0/s1. The molecule has 3 rings (SSSR count). The molecule has 2 heterocycles. The van der Waals surface area contributed by atoms with Crippen molar-refractivity contribution in [1.29, 1.82) is 0 Å². The monoisotopic (exact) mass is 424 g/mol. The zero-order chi connectivity index (χ0) is 20.7. The third-order valence-electron chi connectivity index (χ3n) is 4.42. The molecule has 1 aromatic carbocycles. The van der Waals surface area contributed by atoms with E-state index in [4.69, 9.17) is 20.8 Å². The van der Waals surface area contributed by atoms with Crippen molar-refractivity contribution in [2.45, 2.75) is 75.5 Å². The number of oxazole rings is 1. The lowest BCUT2D eigenvalue weighted by atomic mass is 9.97. The summed E-state index contributed by atoms with van der Waals surface area (Å²) in [6.07, 6.45) is 1.70. The number of hydrogen-bond donors (Lipinski definition) is 0. The van der Waals surface area contributed by atoms with Crippen LogP contribution in [0.1, 0.15) is 60.3 Å². The summed E-state index contributed by atoms with van der Waals surface area (Å²) in [7, 11) is 0. The molecule has 1 saturated heterocycles. The molecule has 0 N–H and O–H groups in total. The highest BCUT2D eigenvalue weighted by Gasteiger charge is 2.30. The Morgan fingerprint density at radius 1 is 1.29 bits per heavy atom. The third-order valence-corrected chi connectivity index (χ3v) is 6.21. The fourth-order valence-corrected chi connectivity index (χ4v) is 4.66. The van der Waals surface area contributed by atoms with Crippen LogP contribution in [0.3, 0.4) is 0 Å². The summed E-state index contributed by atoms with van der Waals surface area (Å²) >= 11 is 8.19. The highest BCUT2D eigenvalue weighted by atomic mass is 35.5. The molecule has 1 aliphatic heterocycles. The zero-order valence-corrected chi connectivity index (χ0v) is 19.0. The molecule has 7 heteroatoms. The Labute approximate surface area is 176 Å². The van der Waals surface area contributed by atoms with E-state index in [2.05, 4.69) is 25.8 Å². The molecule has 1 atom stereocenters. The number of likely N-dealkylation sites (tertiary alicyclic amines) is 1. The van der Waals surface area contributed by atoms with Gasteiger partial charge in [0.05, 0.1) is 9.92 Å². The predicted octanol–water partition coefficient (Wildman–Crippen LogP) is 6.27. The summed E-state index contributed by atoms with van der Waals surface area (Å²) in [6, 6.07) is 3.77. The number of amides is 1. The van der Waals surface area contributed by atoms with Gasteiger partial charge in [0.15, 0.2) is 5.58 Å². The van der Waals surface area contributed by atoms with E-state index in [1.54, 1.807) is 16.7 Å². The van der Waals surface area contributed by atoms with E-state index in [-0.39, 0.29) is 16.8 Å². The SMILES string of the molecule is CC(C)(C)OC(=O)N1CCC[C@H](Sc2c(Cl)ccc3nc(C(C)(C)C)oc23)C1. The van der Waals surface area contributed by atoms with Crippen LogP contribution in [0.5, 0.6) is 0 Å². The molecule has 2 aromatic rings. The fraction of sp³-hybridized carbons (Fsp3) is 0.619. The van der Waals surface area contributed by atoms with Crippen LogP contribution in [0, 0.1) is 0 Å². The Bertz CT molecular complexity index is 867. The molecule has 1 aromatic heterocycles. The van der Waals surface area contributed by atoms with E-state index in [1.807, 2.05) is 32.9 Å². The van der Waals surface area contributed by atoms with Gasteiger partial charge in [0, 0.05) is 23.8 Å². The van der Waals surface area contributed by atoms with E-state index < -0.39 is 5.60 Å². The Morgan fingerprint density at radius 3 is 2.64 bits per heavy atom. The molecular weight excluding hydrogens is 396 g/mol. The number of thioether (sulfide) groups is 1. The van der Waals surface area contributed by atoms with E-state index in [0.717, 1.165) is 35.4 Å². The first-order chi connectivity index (χ1) is 12.9. The minimum absolute atomic E-state index is 0.175. The van der Waals surface area contributed by atoms with Crippen molar-refractivity contribution in [3.05, 3.63) is 23.0 Å². The second kappa shape index (κ2) is 7.79. The fourth-order valence-electron chi connectivity index (χ4n) is 3.07. The Hall–Kier alpha value is -1.40. The highest BCUT2D eigenvalue weighted by molar-refractivity contribution is 8.00. The van der Waals surface area contributed by atoms with E-state index in [0.29, 0.717) is 17.5 Å². The first-order valence-corrected chi connectivity index (χ1v) is 10.9. The summed E-state index contributed by atoms with van der Waals surface area (Å²) in [6.45, 7) is 13.2. The van der Waals surface area contributed by atoms with Crippen molar-refractivity contribution in [3.63, 3.8) is 0 Å². The summed E-state index contributed by atoms with van der Waals surface area (Å²) < 4.78 is 11.6. The smallest absolute Gasteiger partial charge is 0.410 e. The third kappa shape index (κ3) is 4.95. The lowest BCUT2D eigenvalue weighted by Crippen LogP contribution is -2.43. The number of hydrogen-bond acceptors (Lipinski definition) is 5. The van der Waals surface area contributed by atoms with Crippen molar-refractivity contribution in [2.24, 2.45) is 0 Å². The van der Waals surface area contributed by atoms with Gasteiger partial charge in [-0.1, -0.05) is 32.4 Å². The van der Waals surface area contributed by atoms with Gasteiger partial charge in [-0.15, -0.1) is 11.8 Å². The minimum atomic E-state index is -0.491. The lowest BCUT2D eigenvalue weighted by molar-refractivity contribution is 0.0220. The molecule has 28 heavy (non-hydrogen) atoms. The second-order valence-electron chi connectivity index (χ2n) is 9.30. The molecule has 0 bridgehead atoms. The normalized spacial score (nSPS) is 18.5. The van der Waals surface area contributed by atoms with E-state index in [1.165, 1.54) is 0 Å². The average molecular weight is 425 g/mol. The number of aromatic nitrogens is 1. The van der Waals surface area contributed by atoms with Gasteiger partial charge in [-0.25, -0.2) is 9.78 Å². The molecule has 0 saturated carbocycles. The number of fused-ring (bicyclic) bond motifs is 1. The first kappa shape index (κ1) is 21.3. The molecule has 0 spiro atoms. The number of carbonyl (C=O) groups excluding carboxylic acids is 1. The van der Waals surface area contributed by atoms with E-state index in [9.17, 15) is 4.79 Å². The van der Waals surface area contributed by atoms with Crippen LogP contribution in [0.2, 0.25) is 5.02 Å². The summed E-state index contributed by atoms with van der Waals surface area (Å²) in [5, 5.41) is 0.885. The Kier molecular flexibility index (Phi) is 5.93. The number of rotatable bonds is 2. The van der Waals surface area contributed by atoms with Gasteiger partial charge in [-0.2, -0.15) is 0 Å². The predicted molar refractivity (Wildman–Crippen MR) is 114 cm³/mol. The van der Waals surface area contributed by atoms with Gasteiger partial charge >= 0.3 is 6.09 Å². The molecule has 0 aliphatic carbocycles. The number of nitrogens with zero attached hydrogens (tertiary/aromatic N) is 2. The van der Waals surface area contributed by atoms with Crippen molar-refractivity contribution < 1.29 is 13.9 Å². The molecule has 5 nitrogen and oxygen atoms in total. The van der Waals surface area contributed by atoms with E-state index >= 15 is 0 Å². The molecular formula is C21H29ClN2O3S. The Morgan fingerprint density at radius 2 is 2.00 bits per heavy atom. The minimum Gasteiger partial charge on any atom is -0.444 e. The van der Waals surface area contributed by atoms with Crippen LogP contribution in [0.25, 0.3) is 11.1 Å². The first-order valence-electron chi connectivity index (χ1n) is 9.68. The van der Waals surface area contributed by atoms with Crippen LogP contribution in [0.15, 0.2) is 21.4 Å². The Balaban J connectivity index is 1.81.